The van der Waals surface area contributed by atoms with Gasteiger partial charge in [-0.3, -0.25) is 0 Å². The van der Waals surface area contributed by atoms with Gasteiger partial charge in [0.2, 0.25) is 0 Å². The van der Waals surface area contributed by atoms with Crippen LogP contribution in [0.3, 0.4) is 0 Å². The molecule has 0 saturated heterocycles. The molecule has 0 aliphatic heterocycles. The fourth-order valence-electron chi connectivity index (χ4n) is 2.34. The number of hydrogen-bond donors (Lipinski definition) is 0. The van der Waals surface area contributed by atoms with Crippen LogP contribution in [0.5, 0.6) is 0 Å². The molecule has 3 aromatic rings. The maximum atomic E-state index is 14.0. The minimum absolute atomic E-state index is 0.235. The SMILES string of the molecule is N#Cc1nnn(-c2ccccc2F)c1CCc1ccccc1. The summed E-state index contributed by atoms with van der Waals surface area (Å²) in [5, 5.41) is 17.0. The summed E-state index contributed by atoms with van der Waals surface area (Å²) in [5.74, 6) is -0.391. The Kier molecular flexibility index (Phi) is 3.92. The van der Waals surface area contributed by atoms with Crippen molar-refractivity contribution in [3.8, 4) is 11.8 Å². The Morgan fingerprint density at radius 2 is 1.73 bits per heavy atom. The van der Waals surface area contributed by atoms with Gasteiger partial charge >= 0.3 is 0 Å². The molecule has 0 aliphatic rings. The highest BCUT2D eigenvalue weighted by Gasteiger charge is 2.16. The number of nitrogens with zero attached hydrogens (tertiary/aromatic N) is 4. The maximum absolute atomic E-state index is 14.0. The van der Waals surface area contributed by atoms with Gasteiger partial charge in [0.1, 0.15) is 17.6 Å². The van der Waals surface area contributed by atoms with E-state index in [0.29, 0.717) is 17.8 Å². The van der Waals surface area contributed by atoms with Gasteiger partial charge in [-0.1, -0.05) is 47.7 Å². The molecule has 1 aromatic heterocycles. The van der Waals surface area contributed by atoms with Crippen molar-refractivity contribution in [1.29, 1.82) is 5.26 Å². The summed E-state index contributed by atoms with van der Waals surface area (Å²) in [6.07, 6.45) is 1.30. The van der Waals surface area contributed by atoms with Crippen molar-refractivity contribution in [3.63, 3.8) is 0 Å². The first-order valence-corrected chi connectivity index (χ1v) is 6.93. The van der Waals surface area contributed by atoms with E-state index in [2.05, 4.69) is 10.3 Å². The average molecular weight is 292 g/mol. The third-order valence-electron chi connectivity index (χ3n) is 3.44. The second kappa shape index (κ2) is 6.19. The van der Waals surface area contributed by atoms with E-state index in [9.17, 15) is 9.65 Å². The molecule has 3 rings (SSSR count). The summed E-state index contributed by atoms with van der Waals surface area (Å²) in [6, 6.07) is 18.3. The summed E-state index contributed by atoms with van der Waals surface area (Å²) >= 11 is 0. The van der Waals surface area contributed by atoms with E-state index in [-0.39, 0.29) is 5.69 Å². The van der Waals surface area contributed by atoms with Crippen LogP contribution in [-0.2, 0) is 12.8 Å². The van der Waals surface area contributed by atoms with Crippen molar-refractivity contribution in [2.45, 2.75) is 12.8 Å². The quantitative estimate of drug-likeness (QED) is 0.742. The van der Waals surface area contributed by atoms with Gasteiger partial charge in [0.05, 0.1) is 5.69 Å². The van der Waals surface area contributed by atoms with E-state index >= 15 is 0 Å². The minimum Gasteiger partial charge on any atom is -0.213 e. The van der Waals surface area contributed by atoms with Gasteiger partial charge in [0.25, 0.3) is 0 Å². The molecular weight excluding hydrogens is 279 g/mol. The topological polar surface area (TPSA) is 54.5 Å². The second-order valence-corrected chi connectivity index (χ2v) is 4.85. The Balaban J connectivity index is 1.95. The molecule has 108 valence electrons. The molecule has 0 spiro atoms. The van der Waals surface area contributed by atoms with Crippen LogP contribution in [0.15, 0.2) is 54.6 Å². The van der Waals surface area contributed by atoms with Crippen LogP contribution in [0.25, 0.3) is 5.69 Å². The van der Waals surface area contributed by atoms with E-state index in [1.54, 1.807) is 18.2 Å². The lowest BCUT2D eigenvalue weighted by Crippen LogP contribution is -2.06. The Hall–Kier alpha value is -3.00. The number of rotatable bonds is 4. The molecule has 0 fully saturated rings. The first kappa shape index (κ1) is 14.0. The Labute approximate surface area is 127 Å². The highest BCUT2D eigenvalue weighted by atomic mass is 19.1. The van der Waals surface area contributed by atoms with Gasteiger partial charge < -0.3 is 0 Å². The molecule has 22 heavy (non-hydrogen) atoms. The van der Waals surface area contributed by atoms with Crippen molar-refractivity contribution >= 4 is 0 Å². The summed E-state index contributed by atoms with van der Waals surface area (Å²) in [6.45, 7) is 0. The number of benzene rings is 2. The molecule has 1 heterocycles. The molecule has 0 atom stereocenters. The van der Waals surface area contributed by atoms with Crippen LogP contribution in [0.2, 0.25) is 0 Å². The number of halogens is 1. The van der Waals surface area contributed by atoms with Crippen LogP contribution < -0.4 is 0 Å². The molecule has 0 aliphatic carbocycles. The Morgan fingerprint density at radius 1 is 1.00 bits per heavy atom. The Bertz CT molecular complexity index is 818. The molecule has 0 amide bonds. The van der Waals surface area contributed by atoms with Crippen molar-refractivity contribution in [3.05, 3.63) is 77.4 Å². The lowest BCUT2D eigenvalue weighted by Gasteiger charge is -2.07. The van der Waals surface area contributed by atoms with Gasteiger partial charge in [-0.15, -0.1) is 5.10 Å². The fourth-order valence-corrected chi connectivity index (χ4v) is 2.34. The second-order valence-electron chi connectivity index (χ2n) is 4.85. The number of hydrogen-bond acceptors (Lipinski definition) is 3. The van der Waals surface area contributed by atoms with E-state index in [1.165, 1.54) is 10.7 Å². The summed E-state index contributed by atoms with van der Waals surface area (Å²) in [7, 11) is 0. The molecule has 0 unspecified atom stereocenters. The highest BCUT2D eigenvalue weighted by molar-refractivity contribution is 5.38. The molecule has 5 heteroatoms. The normalized spacial score (nSPS) is 10.4. The summed E-state index contributed by atoms with van der Waals surface area (Å²) < 4.78 is 15.4. The zero-order chi connectivity index (χ0) is 15.4. The standard InChI is InChI=1S/C17H13FN4/c18-14-8-4-5-9-16(14)22-17(15(12-19)20-21-22)11-10-13-6-2-1-3-7-13/h1-9H,10-11H2. The largest absolute Gasteiger partial charge is 0.213 e. The van der Waals surface area contributed by atoms with Gasteiger partial charge in [-0.05, 0) is 30.5 Å². The number of aromatic nitrogens is 3. The van der Waals surface area contributed by atoms with Crippen molar-refractivity contribution in [2.75, 3.05) is 0 Å². The van der Waals surface area contributed by atoms with Gasteiger partial charge in [0, 0.05) is 0 Å². The number of aryl methyl sites for hydroxylation is 1. The smallest absolute Gasteiger partial charge is 0.186 e. The van der Waals surface area contributed by atoms with E-state index in [4.69, 9.17) is 0 Å². The predicted molar refractivity (Wildman–Crippen MR) is 79.9 cm³/mol. The summed E-state index contributed by atoms with van der Waals surface area (Å²) in [5.41, 5.74) is 2.31. The van der Waals surface area contributed by atoms with Crippen LogP contribution in [0, 0.1) is 17.1 Å². The first-order valence-electron chi connectivity index (χ1n) is 6.93. The first-order chi connectivity index (χ1) is 10.8. The third-order valence-corrected chi connectivity index (χ3v) is 3.44. The van der Waals surface area contributed by atoms with Crippen molar-refractivity contribution < 1.29 is 4.39 Å². The molecule has 0 saturated carbocycles. The number of para-hydroxylation sites is 1. The lowest BCUT2D eigenvalue weighted by atomic mass is 10.1. The number of nitriles is 1. The van der Waals surface area contributed by atoms with Gasteiger partial charge in [-0.2, -0.15) is 5.26 Å². The molecule has 0 N–H and O–H groups in total. The van der Waals surface area contributed by atoms with Crippen molar-refractivity contribution in [1.82, 2.24) is 15.0 Å². The van der Waals surface area contributed by atoms with E-state index in [0.717, 1.165) is 12.0 Å². The van der Waals surface area contributed by atoms with Crippen molar-refractivity contribution in [2.24, 2.45) is 0 Å². The zero-order valence-electron chi connectivity index (χ0n) is 11.8. The van der Waals surface area contributed by atoms with E-state index < -0.39 is 5.82 Å². The van der Waals surface area contributed by atoms with Gasteiger partial charge in [0.15, 0.2) is 5.69 Å². The average Bonchev–Trinajstić information content (AvgIpc) is 2.97. The third kappa shape index (κ3) is 2.72. The summed E-state index contributed by atoms with van der Waals surface area (Å²) in [4.78, 5) is 0. The lowest BCUT2D eigenvalue weighted by molar-refractivity contribution is 0.601. The maximum Gasteiger partial charge on any atom is 0.186 e. The Morgan fingerprint density at radius 3 is 2.45 bits per heavy atom. The van der Waals surface area contributed by atoms with Crippen LogP contribution in [-0.4, -0.2) is 15.0 Å². The minimum atomic E-state index is -0.391. The van der Waals surface area contributed by atoms with Crippen LogP contribution in [0.4, 0.5) is 4.39 Å². The predicted octanol–water partition coefficient (Wildman–Crippen LogP) is 3.06. The van der Waals surface area contributed by atoms with Crippen LogP contribution in [0.1, 0.15) is 17.0 Å². The molecule has 2 aromatic carbocycles. The monoisotopic (exact) mass is 292 g/mol. The fraction of sp³-hybridized carbons (Fsp3) is 0.118. The molecule has 4 nitrogen and oxygen atoms in total. The molecule has 0 radical (unpaired) electrons. The van der Waals surface area contributed by atoms with Crippen LogP contribution >= 0.6 is 0 Å². The van der Waals surface area contributed by atoms with Gasteiger partial charge in [-0.25, -0.2) is 9.07 Å². The zero-order valence-corrected chi connectivity index (χ0v) is 11.8. The molecular formula is C17H13FN4. The van der Waals surface area contributed by atoms with E-state index in [1.807, 2.05) is 36.4 Å². The highest BCUT2D eigenvalue weighted by Crippen LogP contribution is 2.17. The molecule has 0 bridgehead atoms.